The van der Waals surface area contributed by atoms with Crippen molar-refractivity contribution < 1.29 is 17.9 Å². The average molecular weight is 440 g/mol. The summed E-state index contributed by atoms with van der Waals surface area (Å²) in [5.74, 6) is 0.764. The van der Waals surface area contributed by atoms with E-state index in [0.29, 0.717) is 6.61 Å². The van der Waals surface area contributed by atoms with Crippen LogP contribution in [-0.4, -0.2) is 32.1 Å². The van der Waals surface area contributed by atoms with Crippen LogP contribution in [-0.2, 0) is 6.18 Å². The largest absolute Gasteiger partial charge is 0.492 e. The molecule has 0 aromatic heterocycles. The Morgan fingerprint density at radius 2 is 1.34 bits per heavy atom. The molecule has 168 valence electrons. The van der Waals surface area contributed by atoms with Gasteiger partial charge < -0.3 is 9.64 Å². The van der Waals surface area contributed by atoms with E-state index in [1.54, 1.807) is 12.1 Å². The standard InChI is InChI=1S/C27H28F3NO/c1-4-25(20-8-6-5-7-9-20)26(21-10-14-23(15-11-21)27(28,29)30)22-12-16-24(17-13-22)32-19-18-31(2)3/h5-17H,4,18-19H2,1-3H3/b26-25-. The molecule has 0 saturated heterocycles. The molecule has 0 unspecified atom stereocenters. The fourth-order valence-electron chi connectivity index (χ4n) is 3.57. The van der Waals surface area contributed by atoms with E-state index >= 15 is 0 Å². The van der Waals surface area contributed by atoms with Crippen LogP contribution in [0.4, 0.5) is 13.2 Å². The van der Waals surface area contributed by atoms with Gasteiger partial charge in [-0.25, -0.2) is 0 Å². The van der Waals surface area contributed by atoms with Crippen molar-refractivity contribution in [3.05, 3.63) is 101 Å². The minimum absolute atomic E-state index is 0.582. The van der Waals surface area contributed by atoms with Crippen LogP contribution in [0.2, 0.25) is 0 Å². The van der Waals surface area contributed by atoms with Crippen molar-refractivity contribution in [2.24, 2.45) is 0 Å². The zero-order chi connectivity index (χ0) is 23.1. The molecule has 3 aromatic rings. The molecule has 0 spiro atoms. The fourth-order valence-corrected chi connectivity index (χ4v) is 3.57. The van der Waals surface area contributed by atoms with Crippen molar-refractivity contribution in [1.29, 1.82) is 0 Å². The van der Waals surface area contributed by atoms with E-state index in [2.05, 4.69) is 6.92 Å². The summed E-state index contributed by atoms with van der Waals surface area (Å²) in [5.41, 5.74) is 4.09. The molecule has 3 aromatic carbocycles. The smallest absolute Gasteiger partial charge is 0.416 e. The van der Waals surface area contributed by atoms with Gasteiger partial charge in [0.05, 0.1) is 5.56 Å². The van der Waals surface area contributed by atoms with Gasteiger partial charge in [0.1, 0.15) is 12.4 Å². The number of hydrogen-bond donors (Lipinski definition) is 0. The predicted molar refractivity (Wildman–Crippen MR) is 125 cm³/mol. The summed E-state index contributed by atoms with van der Waals surface area (Å²) in [6.45, 7) is 3.45. The third-order valence-electron chi connectivity index (χ3n) is 5.23. The van der Waals surface area contributed by atoms with Gasteiger partial charge in [0.25, 0.3) is 0 Å². The number of nitrogens with zero attached hydrogens (tertiary/aromatic N) is 1. The molecule has 0 aliphatic carbocycles. The SMILES string of the molecule is CC/C(=C(/c1ccc(OCCN(C)C)cc1)c1ccc(C(F)(F)F)cc1)c1ccccc1. The Bertz CT molecular complexity index is 1020. The molecular formula is C27H28F3NO. The Labute approximate surface area is 188 Å². The van der Waals surface area contributed by atoms with Crippen LogP contribution >= 0.6 is 0 Å². The highest BCUT2D eigenvalue weighted by molar-refractivity contribution is 5.98. The number of ether oxygens (including phenoxy) is 1. The van der Waals surface area contributed by atoms with Gasteiger partial charge in [-0.1, -0.05) is 61.5 Å². The van der Waals surface area contributed by atoms with Crippen LogP contribution < -0.4 is 4.74 Å². The van der Waals surface area contributed by atoms with Crippen LogP contribution in [0.1, 0.15) is 35.6 Å². The first kappa shape index (κ1) is 23.6. The Balaban J connectivity index is 2.04. The lowest BCUT2D eigenvalue weighted by molar-refractivity contribution is -0.137. The molecule has 0 aliphatic heterocycles. The molecule has 0 bridgehead atoms. The van der Waals surface area contributed by atoms with Crippen molar-refractivity contribution >= 4 is 11.1 Å². The second kappa shape index (κ2) is 10.5. The van der Waals surface area contributed by atoms with E-state index in [9.17, 15) is 13.2 Å². The average Bonchev–Trinajstić information content (AvgIpc) is 2.78. The summed E-state index contributed by atoms with van der Waals surface area (Å²) in [4.78, 5) is 2.05. The first-order chi connectivity index (χ1) is 15.3. The molecule has 5 heteroatoms. The van der Waals surface area contributed by atoms with Gasteiger partial charge in [0, 0.05) is 6.54 Å². The Hall–Kier alpha value is -3.05. The molecule has 0 fully saturated rings. The lowest BCUT2D eigenvalue weighted by Crippen LogP contribution is -2.19. The van der Waals surface area contributed by atoms with E-state index in [0.717, 1.165) is 58.7 Å². The van der Waals surface area contributed by atoms with Crippen LogP contribution in [0.25, 0.3) is 11.1 Å². The van der Waals surface area contributed by atoms with Gasteiger partial charge in [-0.15, -0.1) is 0 Å². The van der Waals surface area contributed by atoms with Crippen LogP contribution in [0.5, 0.6) is 5.75 Å². The fraction of sp³-hybridized carbons (Fsp3) is 0.259. The van der Waals surface area contributed by atoms with Crippen LogP contribution in [0, 0.1) is 0 Å². The van der Waals surface area contributed by atoms with Crippen molar-refractivity contribution in [3.8, 4) is 5.75 Å². The first-order valence-corrected chi connectivity index (χ1v) is 10.6. The van der Waals surface area contributed by atoms with Gasteiger partial charge in [-0.2, -0.15) is 13.2 Å². The lowest BCUT2D eigenvalue weighted by atomic mass is 9.88. The second-order valence-electron chi connectivity index (χ2n) is 7.82. The normalized spacial score (nSPS) is 12.6. The van der Waals surface area contributed by atoms with Crippen molar-refractivity contribution in [1.82, 2.24) is 4.90 Å². The summed E-state index contributed by atoms with van der Waals surface area (Å²) in [6.07, 6.45) is -3.62. The Morgan fingerprint density at radius 1 is 0.781 bits per heavy atom. The maximum absolute atomic E-state index is 13.1. The molecule has 2 nitrogen and oxygen atoms in total. The predicted octanol–water partition coefficient (Wildman–Crippen LogP) is 7.01. The number of likely N-dealkylation sites (N-methyl/N-ethyl adjacent to an activating group) is 1. The summed E-state index contributed by atoms with van der Waals surface area (Å²) in [6, 6.07) is 23.1. The Kier molecular flexibility index (Phi) is 7.75. The third-order valence-corrected chi connectivity index (χ3v) is 5.23. The van der Waals surface area contributed by atoms with E-state index in [1.165, 1.54) is 0 Å². The van der Waals surface area contributed by atoms with E-state index in [-0.39, 0.29) is 0 Å². The first-order valence-electron chi connectivity index (χ1n) is 10.6. The number of allylic oxidation sites excluding steroid dienone is 1. The number of halogens is 3. The summed E-state index contributed by atoms with van der Waals surface area (Å²) < 4.78 is 45.1. The molecular weight excluding hydrogens is 411 g/mol. The van der Waals surface area contributed by atoms with E-state index < -0.39 is 11.7 Å². The molecule has 0 amide bonds. The minimum Gasteiger partial charge on any atom is -0.492 e. The van der Waals surface area contributed by atoms with Gasteiger partial charge >= 0.3 is 6.18 Å². The maximum Gasteiger partial charge on any atom is 0.416 e. The number of hydrogen-bond acceptors (Lipinski definition) is 2. The number of alkyl halides is 3. The zero-order valence-corrected chi connectivity index (χ0v) is 18.6. The second-order valence-corrected chi connectivity index (χ2v) is 7.82. The third kappa shape index (κ3) is 6.01. The molecule has 32 heavy (non-hydrogen) atoms. The highest BCUT2D eigenvalue weighted by atomic mass is 19.4. The molecule has 0 aliphatic rings. The quantitative estimate of drug-likeness (QED) is 0.350. The molecule has 0 saturated carbocycles. The molecule has 0 N–H and O–H groups in total. The number of benzene rings is 3. The van der Waals surface area contributed by atoms with Gasteiger partial charge in [0.15, 0.2) is 0 Å². The molecule has 0 heterocycles. The Morgan fingerprint density at radius 3 is 1.84 bits per heavy atom. The minimum atomic E-state index is -4.36. The lowest BCUT2D eigenvalue weighted by Gasteiger charge is -2.18. The van der Waals surface area contributed by atoms with Crippen molar-refractivity contribution in [2.45, 2.75) is 19.5 Å². The monoisotopic (exact) mass is 439 g/mol. The van der Waals surface area contributed by atoms with Crippen LogP contribution in [0.15, 0.2) is 78.9 Å². The van der Waals surface area contributed by atoms with E-state index in [4.69, 9.17) is 4.74 Å². The van der Waals surface area contributed by atoms with Crippen LogP contribution in [0.3, 0.4) is 0 Å². The molecule has 0 atom stereocenters. The summed E-state index contributed by atoms with van der Waals surface area (Å²) in [7, 11) is 3.98. The highest BCUT2D eigenvalue weighted by Gasteiger charge is 2.30. The van der Waals surface area contributed by atoms with E-state index in [1.807, 2.05) is 73.6 Å². The van der Waals surface area contributed by atoms with Gasteiger partial charge in [0.2, 0.25) is 0 Å². The number of rotatable bonds is 8. The summed E-state index contributed by atoms with van der Waals surface area (Å²) >= 11 is 0. The topological polar surface area (TPSA) is 12.5 Å². The molecule has 0 radical (unpaired) electrons. The molecule has 3 rings (SSSR count). The maximum atomic E-state index is 13.1. The summed E-state index contributed by atoms with van der Waals surface area (Å²) in [5, 5.41) is 0. The highest BCUT2D eigenvalue weighted by Crippen LogP contribution is 2.36. The van der Waals surface area contributed by atoms with Gasteiger partial charge in [-0.3, -0.25) is 0 Å². The van der Waals surface area contributed by atoms with Crippen molar-refractivity contribution in [2.75, 3.05) is 27.2 Å². The zero-order valence-electron chi connectivity index (χ0n) is 18.6. The van der Waals surface area contributed by atoms with Crippen molar-refractivity contribution in [3.63, 3.8) is 0 Å². The van der Waals surface area contributed by atoms with Gasteiger partial charge in [-0.05, 0) is 72.6 Å².